The smallest absolute Gasteiger partial charge is 0.166 e. The van der Waals surface area contributed by atoms with Crippen molar-refractivity contribution in [2.24, 2.45) is 0 Å². The van der Waals surface area contributed by atoms with Crippen molar-refractivity contribution in [1.29, 1.82) is 0 Å². The molecule has 0 aromatic carbocycles. The van der Waals surface area contributed by atoms with Crippen LogP contribution in [0.4, 0.5) is 0 Å². The van der Waals surface area contributed by atoms with Gasteiger partial charge in [-0.3, -0.25) is 0 Å². The lowest BCUT2D eigenvalue weighted by molar-refractivity contribution is -0.266. The number of hydrogen-bond donors (Lipinski definition) is 3. The number of rotatable bonds is 13. The molecule has 0 radical (unpaired) electrons. The third-order valence-corrected chi connectivity index (χ3v) is 6.58. The van der Waals surface area contributed by atoms with Crippen LogP contribution >= 0.6 is 21.6 Å². The second-order valence-electron chi connectivity index (χ2n) is 6.72. The van der Waals surface area contributed by atoms with E-state index in [1.54, 1.807) is 34.7 Å². The summed E-state index contributed by atoms with van der Waals surface area (Å²) >= 11 is 0. The molecule has 2 heterocycles. The summed E-state index contributed by atoms with van der Waals surface area (Å²) in [4.78, 5) is 4.24. The van der Waals surface area contributed by atoms with Gasteiger partial charge in [0.2, 0.25) is 0 Å². The highest BCUT2D eigenvalue weighted by molar-refractivity contribution is 8.76. The lowest BCUT2D eigenvalue weighted by Gasteiger charge is -2.32. The first kappa shape index (κ1) is 24.8. The molecule has 3 N–H and O–H groups in total. The maximum Gasteiger partial charge on any atom is 0.166 e. The molecule has 1 saturated heterocycles. The summed E-state index contributed by atoms with van der Waals surface area (Å²) in [5, 5.41) is 30.1. The summed E-state index contributed by atoms with van der Waals surface area (Å²) in [6.07, 6.45) is -0.412. The molecule has 4 atom stereocenters. The van der Waals surface area contributed by atoms with Gasteiger partial charge in [-0.15, -0.1) is 0 Å². The van der Waals surface area contributed by atoms with Gasteiger partial charge in [0.15, 0.2) is 5.79 Å². The van der Waals surface area contributed by atoms with Gasteiger partial charge < -0.3 is 34.3 Å². The summed E-state index contributed by atoms with van der Waals surface area (Å²) in [7, 11) is 3.33. The fourth-order valence-electron chi connectivity index (χ4n) is 2.76. The van der Waals surface area contributed by atoms with E-state index in [9.17, 15) is 15.3 Å². The summed E-state index contributed by atoms with van der Waals surface area (Å²) in [6.45, 7) is 3.65. The second kappa shape index (κ2) is 13.8. The monoisotopic (exact) mass is 449 g/mol. The highest BCUT2D eigenvalue weighted by Gasteiger charge is 2.39. The average Bonchev–Trinajstić information content (AvgIpc) is 2.84. The van der Waals surface area contributed by atoms with Gasteiger partial charge in [-0.05, 0) is 36.3 Å². The Hall–Kier alpha value is -0.430. The van der Waals surface area contributed by atoms with Crippen molar-refractivity contribution in [2.75, 3.05) is 45.4 Å². The second-order valence-corrected chi connectivity index (χ2v) is 9.15. The Morgan fingerprint density at radius 3 is 2.66 bits per heavy atom. The lowest BCUT2D eigenvalue weighted by Crippen LogP contribution is -2.43. The fourth-order valence-corrected chi connectivity index (χ4v) is 4.50. The predicted molar refractivity (Wildman–Crippen MR) is 112 cm³/mol. The van der Waals surface area contributed by atoms with Crippen molar-refractivity contribution in [3.8, 4) is 0 Å². The topological polar surface area (TPSA) is 111 Å². The highest BCUT2D eigenvalue weighted by atomic mass is 33.1. The molecular formula is C19H31NO7S2. The minimum Gasteiger partial charge on any atom is -0.394 e. The first-order valence-electron chi connectivity index (χ1n) is 9.69. The van der Waals surface area contributed by atoms with Crippen LogP contribution in [0.15, 0.2) is 29.4 Å². The molecule has 1 fully saturated rings. The Balaban J connectivity index is 1.47. The highest BCUT2D eigenvalue weighted by Crippen LogP contribution is 2.29. The fraction of sp³-hybridized carbons (Fsp3) is 0.737. The first-order valence-corrected chi connectivity index (χ1v) is 12.0. The maximum absolute atomic E-state index is 9.92. The van der Waals surface area contributed by atoms with E-state index < -0.39 is 24.1 Å². The van der Waals surface area contributed by atoms with Crippen LogP contribution in [0.3, 0.4) is 0 Å². The van der Waals surface area contributed by atoms with Crippen molar-refractivity contribution in [3.05, 3.63) is 24.4 Å². The molecule has 0 bridgehead atoms. The zero-order chi connectivity index (χ0) is 21.0. The van der Waals surface area contributed by atoms with E-state index in [-0.39, 0.29) is 6.61 Å². The molecule has 2 rings (SSSR count). The van der Waals surface area contributed by atoms with Crippen molar-refractivity contribution in [1.82, 2.24) is 4.98 Å². The third kappa shape index (κ3) is 9.50. The minimum absolute atomic E-state index is 0.303. The van der Waals surface area contributed by atoms with Gasteiger partial charge in [0.05, 0.1) is 45.7 Å². The number of aliphatic hydroxyl groups excluding tert-OH is 3. The Labute approximate surface area is 179 Å². The van der Waals surface area contributed by atoms with Crippen LogP contribution in [0.1, 0.15) is 19.8 Å². The van der Waals surface area contributed by atoms with Gasteiger partial charge in [-0.2, -0.15) is 0 Å². The van der Waals surface area contributed by atoms with Crippen molar-refractivity contribution in [3.63, 3.8) is 0 Å². The predicted octanol–water partition coefficient (Wildman–Crippen LogP) is 1.48. The zero-order valence-corrected chi connectivity index (χ0v) is 18.3. The van der Waals surface area contributed by atoms with Gasteiger partial charge in [-0.25, -0.2) is 4.98 Å². The van der Waals surface area contributed by atoms with Crippen LogP contribution in [0, 0.1) is 0 Å². The molecule has 1 aliphatic rings. The average molecular weight is 450 g/mol. The van der Waals surface area contributed by atoms with E-state index in [1.165, 1.54) is 0 Å². The lowest BCUT2D eigenvalue weighted by atomic mass is 10.0. The van der Waals surface area contributed by atoms with Crippen LogP contribution in [0.2, 0.25) is 0 Å². The van der Waals surface area contributed by atoms with E-state index in [4.69, 9.17) is 18.9 Å². The standard InChI is InChI=1S/C19H31NO7S2/c1-19(6-5-15(22)18(23)16(14-21)27-19)26-11-10-24-8-9-25-12-13-28-29-17-4-2-3-7-20-17/h2-4,7,15-16,18,21-23H,5-6,8-14H2,1H3. The Morgan fingerprint density at radius 1 is 1.17 bits per heavy atom. The van der Waals surface area contributed by atoms with Gasteiger partial charge in [-0.1, -0.05) is 16.9 Å². The van der Waals surface area contributed by atoms with Gasteiger partial charge in [0.1, 0.15) is 17.2 Å². The first-order chi connectivity index (χ1) is 14.0. The molecule has 4 unspecified atom stereocenters. The molecule has 0 saturated carbocycles. The van der Waals surface area contributed by atoms with E-state index in [2.05, 4.69) is 4.98 Å². The van der Waals surface area contributed by atoms with Crippen LogP contribution in [-0.4, -0.2) is 89.8 Å². The Bertz CT molecular complexity index is 557. The normalized spacial score (nSPS) is 27.7. The molecule has 1 aliphatic heterocycles. The third-order valence-electron chi connectivity index (χ3n) is 4.35. The number of ether oxygens (including phenoxy) is 4. The molecule has 10 heteroatoms. The molecule has 0 amide bonds. The van der Waals surface area contributed by atoms with E-state index >= 15 is 0 Å². The number of pyridine rings is 1. The Morgan fingerprint density at radius 2 is 1.93 bits per heavy atom. The zero-order valence-electron chi connectivity index (χ0n) is 16.6. The van der Waals surface area contributed by atoms with Gasteiger partial charge >= 0.3 is 0 Å². The van der Waals surface area contributed by atoms with E-state index in [1.807, 2.05) is 18.2 Å². The molecule has 1 aromatic rings. The summed E-state index contributed by atoms with van der Waals surface area (Å²) in [5.74, 6) is -0.113. The summed E-state index contributed by atoms with van der Waals surface area (Å²) < 4.78 is 22.4. The van der Waals surface area contributed by atoms with Gasteiger partial charge in [0.25, 0.3) is 0 Å². The molecule has 8 nitrogen and oxygen atoms in total. The van der Waals surface area contributed by atoms with Crippen LogP contribution in [-0.2, 0) is 18.9 Å². The van der Waals surface area contributed by atoms with Crippen LogP contribution in [0.25, 0.3) is 0 Å². The molecule has 0 spiro atoms. The van der Waals surface area contributed by atoms with Crippen LogP contribution in [0.5, 0.6) is 0 Å². The van der Waals surface area contributed by atoms with Crippen molar-refractivity contribution >= 4 is 21.6 Å². The van der Waals surface area contributed by atoms with E-state index in [0.717, 1.165) is 10.8 Å². The maximum atomic E-state index is 9.92. The number of aromatic nitrogens is 1. The number of nitrogens with zero attached hydrogens (tertiary/aromatic N) is 1. The van der Waals surface area contributed by atoms with E-state index in [0.29, 0.717) is 45.9 Å². The molecule has 0 aliphatic carbocycles. The summed E-state index contributed by atoms with van der Waals surface area (Å²) in [5.41, 5.74) is 0. The molecule has 166 valence electrons. The van der Waals surface area contributed by atoms with Crippen molar-refractivity contribution in [2.45, 2.75) is 48.9 Å². The molecule has 29 heavy (non-hydrogen) atoms. The van der Waals surface area contributed by atoms with Crippen molar-refractivity contribution < 1.29 is 34.3 Å². The summed E-state index contributed by atoms with van der Waals surface area (Å²) in [6, 6.07) is 5.84. The Kier molecular flexibility index (Phi) is 11.8. The number of hydrogen-bond acceptors (Lipinski definition) is 10. The van der Waals surface area contributed by atoms with Gasteiger partial charge in [0, 0.05) is 18.4 Å². The van der Waals surface area contributed by atoms with Crippen LogP contribution < -0.4 is 0 Å². The molecule has 1 aromatic heterocycles. The quantitative estimate of drug-likeness (QED) is 0.302. The largest absolute Gasteiger partial charge is 0.394 e. The minimum atomic E-state index is -1.13. The number of aliphatic hydroxyl groups is 3. The molecular weight excluding hydrogens is 418 g/mol. The SMILES string of the molecule is CC1(OCCOCCOCCSSc2ccccn2)CCC(O)C(O)C(CO)O1.